The van der Waals surface area contributed by atoms with Gasteiger partial charge in [0.05, 0.1) is 5.57 Å². The van der Waals surface area contributed by atoms with E-state index in [4.69, 9.17) is 20.9 Å². The third-order valence-corrected chi connectivity index (χ3v) is 0.881. The van der Waals surface area contributed by atoms with Crippen LogP contribution in [-0.2, 0) is 0 Å². The second-order valence-electron chi connectivity index (χ2n) is 1.54. The smallest absolute Gasteiger partial charge is 0.172 e. The van der Waals surface area contributed by atoms with Crippen LogP contribution in [0.15, 0.2) is 23.5 Å². The van der Waals surface area contributed by atoms with Gasteiger partial charge in [-0.1, -0.05) is 6.58 Å². The molecule has 11 heavy (non-hydrogen) atoms. The van der Waals surface area contributed by atoms with E-state index in [1.165, 1.54) is 18.2 Å². The number of aliphatic hydroxyl groups is 1. The standard InChI is InChI=1S/C7H3N3O/c1-5(2-8)7(11)6(3-9)4-10/h11H,1H2. The molecule has 0 heterocycles. The second-order valence-corrected chi connectivity index (χ2v) is 1.54. The van der Waals surface area contributed by atoms with E-state index in [1.807, 2.05) is 0 Å². The molecule has 0 rings (SSSR count). The van der Waals surface area contributed by atoms with Crippen LogP contribution in [-0.4, -0.2) is 5.11 Å². The van der Waals surface area contributed by atoms with Gasteiger partial charge in [0, 0.05) is 0 Å². The molecule has 0 spiro atoms. The van der Waals surface area contributed by atoms with Crippen LogP contribution >= 0.6 is 0 Å². The molecule has 0 saturated carbocycles. The van der Waals surface area contributed by atoms with Gasteiger partial charge in [-0.05, 0) is 0 Å². The molecule has 0 aromatic carbocycles. The first-order valence-electron chi connectivity index (χ1n) is 2.50. The first kappa shape index (κ1) is 8.75. The van der Waals surface area contributed by atoms with E-state index in [0.29, 0.717) is 0 Å². The SMILES string of the molecule is C=C(C#N)C(O)=C(C#N)C#N. The molecule has 0 bridgehead atoms. The first-order valence-corrected chi connectivity index (χ1v) is 2.50. The highest BCUT2D eigenvalue weighted by Crippen LogP contribution is 2.07. The molecule has 0 aromatic rings. The van der Waals surface area contributed by atoms with Crippen molar-refractivity contribution in [1.29, 1.82) is 15.8 Å². The average molecular weight is 145 g/mol. The van der Waals surface area contributed by atoms with Crippen LogP contribution in [0.4, 0.5) is 0 Å². The molecule has 0 unspecified atom stereocenters. The van der Waals surface area contributed by atoms with Gasteiger partial charge in [-0.15, -0.1) is 0 Å². The normalized spacial score (nSPS) is 6.64. The van der Waals surface area contributed by atoms with E-state index in [2.05, 4.69) is 6.58 Å². The summed E-state index contributed by atoms with van der Waals surface area (Å²) >= 11 is 0. The molecule has 0 aliphatic carbocycles. The zero-order chi connectivity index (χ0) is 8.85. The van der Waals surface area contributed by atoms with Gasteiger partial charge < -0.3 is 5.11 Å². The molecular formula is C7H3N3O. The number of hydrogen-bond acceptors (Lipinski definition) is 4. The minimum Gasteiger partial charge on any atom is -0.505 e. The summed E-state index contributed by atoms with van der Waals surface area (Å²) in [4.78, 5) is 0. The van der Waals surface area contributed by atoms with Crippen molar-refractivity contribution in [1.82, 2.24) is 0 Å². The van der Waals surface area contributed by atoms with Crippen LogP contribution in [0.1, 0.15) is 0 Å². The van der Waals surface area contributed by atoms with Crippen molar-refractivity contribution in [2.45, 2.75) is 0 Å². The van der Waals surface area contributed by atoms with Gasteiger partial charge in [0.25, 0.3) is 0 Å². The number of nitriles is 3. The van der Waals surface area contributed by atoms with Crippen LogP contribution in [0.2, 0.25) is 0 Å². The topological polar surface area (TPSA) is 91.6 Å². The molecule has 0 amide bonds. The van der Waals surface area contributed by atoms with Gasteiger partial charge in [-0.2, -0.15) is 15.8 Å². The molecule has 0 radical (unpaired) electrons. The Kier molecular flexibility index (Phi) is 2.95. The van der Waals surface area contributed by atoms with Gasteiger partial charge in [-0.25, -0.2) is 0 Å². The lowest BCUT2D eigenvalue weighted by Gasteiger charge is -1.91. The molecule has 52 valence electrons. The van der Waals surface area contributed by atoms with E-state index in [-0.39, 0.29) is 5.57 Å². The highest BCUT2D eigenvalue weighted by Gasteiger charge is 2.06. The molecule has 4 nitrogen and oxygen atoms in total. The maximum Gasteiger partial charge on any atom is 0.172 e. The van der Waals surface area contributed by atoms with Crippen LogP contribution in [0.5, 0.6) is 0 Å². The van der Waals surface area contributed by atoms with Gasteiger partial charge >= 0.3 is 0 Å². The van der Waals surface area contributed by atoms with E-state index >= 15 is 0 Å². The van der Waals surface area contributed by atoms with Crippen molar-refractivity contribution >= 4 is 0 Å². The summed E-state index contributed by atoms with van der Waals surface area (Å²) in [5.41, 5.74) is -0.792. The summed E-state index contributed by atoms with van der Waals surface area (Å²) in [6.45, 7) is 3.12. The molecule has 0 saturated heterocycles. The Bertz CT molecular complexity index is 316. The Morgan fingerprint density at radius 2 is 1.55 bits per heavy atom. The Morgan fingerprint density at radius 1 is 1.09 bits per heavy atom. The minimum absolute atomic E-state index is 0.289. The van der Waals surface area contributed by atoms with Crippen molar-refractivity contribution < 1.29 is 5.11 Å². The van der Waals surface area contributed by atoms with Crippen LogP contribution in [0.25, 0.3) is 0 Å². The lowest BCUT2D eigenvalue weighted by Crippen LogP contribution is -1.88. The number of nitrogens with zero attached hydrogens (tertiary/aromatic N) is 3. The molecular weight excluding hydrogens is 142 g/mol. The molecule has 4 heteroatoms. The second kappa shape index (κ2) is 3.71. The summed E-state index contributed by atoms with van der Waals surface area (Å²) in [7, 11) is 0. The summed E-state index contributed by atoms with van der Waals surface area (Å²) in [5.74, 6) is -0.655. The highest BCUT2D eigenvalue weighted by atomic mass is 16.3. The zero-order valence-electron chi connectivity index (χ0n) is 5.50. The summed E-state index contributed by atoms with van der Waals surface area (Å²) in [6.07, 6.45) is 0. The van der Waals surface area contributed by atoms with Crippen LogP contribution in [0.3, 0.4) is 0 Å². The predicted octanol–water partition coefficient (Wildman–Crippen LogP) is 0.925. The molecule has 0 aromatic heterocycles. The van der Waals surface area contributed by atoms with Gasteiger partial charge in [0.15, 0.2) is 11.3 Å². The lowest BCUT2D eigenvalue weighted by atomic mass is 10.2. The Balaban J connectivity index is 5.04. The molecule has 1 N–H and O–H groups in total. The van der Waals surface area contributed by atoms with Crippen molar-refractivity contribution in [3.05, 3.63) is 23.5 Å². The Morgan fingerprint density at radius 3 is 1.82 bits per heavy atom. The van der Waals surface area contributed by atoms with Crippen molar-refractivity contribution in [3.63, 3.8) is 0 Å². The third kappa shape index (κ3) is 1.86. The highest BCUT2D eigenvalue weighted by molar-refractivity contribution is 5.48. The summed E-state index contributed by atoms with van der Waals surface area (Å²) in [5, 5.41) is 33.5. The average Bonchev–Trinajstić information content (AvgIpc) is 2.05. The maximum absolute atomic E-state index is 8.89. The van der Waals surface area contributed by atoms with Gasteiger partial charge in [0.2, 0.25) is 0 Å². The molecule has 0 aliphatic heterocycles. The van der Waals surface area contributed by atoms with Gasteiger partial charge in [-0.3, -0.25) is 0 Å². The predicted molar refractivity (Wildman–Crippen MR) is 35.6 cm³/mol. The van der Waals surface area contributed by atoms with Crippen LogP contribution in [0, 0.1) is 34.0 Å². The first-order chi connectivity index (χ1) is 5.17. The van der Waals surface area contributed by atoms with E-state index in [9.17, 15) is 0 Å². The minimum atomic E-state index is -0.655. The maximum atomic E-state index is 8.89. The zero-order valence-corrected chi connectivity index (χ0v) is 5.50. The largest absolute Gasteiger partial charge is 0.505 e. The van der Waals surface area contributed by atoms with Crippen molar-refractivity contribution in [2.24, 2.45) is 0 Å². The molecule has 0 aliphatic rings. The number of allylic oxidation sites excluding steroid dienone is 2. The van der Waals surface area contributed by atoms with Gasteiger partial charge in [0.1, 0.15) is 18.2 Å². The number of aliphatic hydroxyl groups excluding tert-OH is 1. The quantitative estimate of drug-likeness (QED) is 0.337. The fourth-order valence-corrected chi connectivity index (χ4v) is 0.335. The summed E-state index contributed by atoms with van der Waals surface area (Å²) in [6, 6.07) is 4.36. The van der Waals surface area contributed by atoms with Crippen molar-refractivity contribution in [3.8, 4) is 18.2 Å². The number of hydrogen-bond donors (Lipinski definition) is 1. The van der Waals surface area contributed by atoms with E-state index < -0.39 is 11.3 Å². The van der Waals surface area contributed by atoms with Crippen LogP contribution < -0.4 is 0 Å². The molecule has 0 atom stereocenters. The van der Waals surface area contributed by atoms with Crippen molar-refractivity contribution in [2.75, 3.05) is 0 Å². The number of rotatable bonds is 1. The Hall–Kier alpha value is -2.25. The monoisotopic (exact) mass is 145 g/mol. The fraction of sp³-hybridized carbons (Fsp3) is 0. The Labute approximate surface area is 63.5 Å². The molecule has 0 fully saturated rings. The summed E-state index contributed by atoms with van der Waals surface area (Å²) < 4.78 is 0. The third-order valence-electron chi connectivity index (χ3n) is 0.881. The van der Waals surface area contributed by atoms with E-state index in [0.717, 1.165) is 0 Å². The lowest BCUT2D eigenvalue weighted by molar-refractivity contribution is 0.425. The van der Waals surface area contributed by atoms with E-state index in [1.54, 1.807) is 0 Å². The fourth-order valence-electron chi connectivity index (χ4n) is 0.335.